The number of rotatable bonds is 21. The summed E-state index contributed by atoms with van der Waals surface area (Å²) < 4.78 is 30.7. The number of carbonyl (C=O) groups excluding carboxylic acids is 2. The molecule has 3 heterocycles. The summed E-state index contributed by atoms with van der Waals surface area (Å²) in [6.45, 7) is 10.9. The van der Waals surface area contributed by atoms with Gasteiger partial charge in [0.2, 0.25) is 12.3 Å². The van der Waals surface area contributed by atoms with Crippen LogP contribution in [-0.4, -0.2) is 123 Å². The number of hydrogen-bond donors (Lipinski definition) is 4. The third-order valence-corrected chi connectivity index (χ3v) is 11.4. The van der Waals surface area contributed by atoms with Gasteiger partial charge < -0.3 is 34.3 Å². The van der Waals surface area contributed by atoms with Gasteiger partial charge in [0.05, 0.1) is 76.0 Å². The van der Waals surface area contributed by atoms with Crippen molar-refractivity contribution < 1.29 is 33.3 Å². The van der Waals surface area contributed by atoms with Gasteiger partial charge in [0.25, 0.3) is 0 Å². The van der Waals surface area contributed by atoms with Crippen LogP contribution in [0.1, 0.15) is 73.6 Å². The van der Waals surface area contributed by atoms with Crippen molar-refractivity contribution >= 4 is 64.3 Å². The number of aliphatic imine (C=N–C) groups is 2. The van der Waals surface area contributed by atoms with E-state index in [-0.39, 0.29) is 24.0 Å². The summed E-state index contributed by atoms with van der Waals surface area (Å²) in [5.41, 5.74) is 6.22. The van der Waals surface area contributed by atoms with Crippen molar-refractivity contribution in [1.29, 1.82) is 10.8 Å². The second kappa shape index (κ2) is 25.7. The normalized spacial score (nSPS) is 14.9. The van der Waals surface area contributed by atoms with Gasteiger partial charge in [-0.3, -0.25) is 39.9 Å². The lowest BCUT2D eigenvalue weighted by molar-refractivity contribution is -0.121. The average molecular weight is 982 g/mol. The van der Waals surface area contributed by atoms with Crippen molar-refractivity contribution in [1.82, 2.24) is 25.4 Å². The van der Waals surface area contributed by atoms with Crippen LogP contribution in [0.2, 0.25) is 10.0 Å². The first-order valence-electron chi connectivity index (χ1n) is 22.6. The number of nitrogens with one attached hydrogen (secondary N) is 4. The fraction of sp³-hybridized carbons (Fsp3) is 0.360. The molecule has 0 unspecified atom stereocenters. The standard InChI is InChI=1S/C47H51Cl2N9O6.C3H7NO/c1-5-39-46(51)57(29(2)50)41-17-15-36(27-38(41)44(53-39)31-6-10-33(48)11-7-31)64-25-24-63-23-22-62-21-20-61-19-18-52-43(59)28-40-47-56-55-30(3)58(47)42-16-14-35(60-4)26-37(42)45(54-40)32-8-12-34(49)13-9-32;1-2-4-3-5/h6-17,26-27,39-40,50-51H,5,18-25,28H2,1-4H3,(H,52,59);3H,2H2,1H3,(H,4,5)/t39-,40-;/m0./s1. The van der Waals surface area contributed by atoms with Crippen LogP contribution in [0.5, 0.6) is 11.5 Å². The summed E-state index contributed by atoms with van der Waals surface area (Å²) in [6.07, 6.45) is 1.34. The third-order valence-electron chi connectivity index (χ3n) is 10.9. The van der Waals surface area contributed by atoms with E-state index < -0.39 is 12.1 Å². The number of amides is 2. The third kappa shape index (κ3) is 13.6. The highest BCUT2D eigenvalue weighted by atomic mass is 35.5. The van der Waals surface area contributed by atoms with Gasteiger partial charge in [-0.05, 0) is 87.9 Å². The molecule has 69 heavy (non-hydrogen) atoms. The van der Waals surface area contributed by atoms with Gasteiger partial charge in [-0.15, -0.1) is 10.2 Å². The van der Waals surface area contributed by atoms with Crippen LogP contribution >= 0.6 is 23.2 Å². The topological polar surface area (TPSA) is 211 Å². The number of fused-ring (bicyclic) bond motifs is 4. The van der Waals surface area contributed by atoms with E-state index >= 15 is 0 Å². The van der Waals surface area contributed by atoms with Crippen LogP contribution in [0, 0.1) is 17.7 Å². The van der Waals surface area contributed by atoms with Crippen molar-refractivity contribution in [3.05, 3.63) is 129 Å². The van der Waals surface area contributed by atoms with E-state index in [4.69, 9.17) is 67.7 Å². The second-order valence-electron chi connectivity index (χ2n) is 15.6. The van der Waals surface area contributed by atoms with Crippen molar-refractivity contribution in [3.8, 4) is 17.2 Å². The van der Waals surface area contributed by atoms with E-state index in [0.29, 0.717) is 116 Å². The molecule has 17 nitrogen and oxygen atoms in total. The number of benzene rings is 4. The highest BCUT2D eigenvalue weighted by molar-refractivity contribution is 6.31. The Kier molecular flexibility index (Phi) is 19.4. The number of anilines is 1. The number of halogens is 2. The average Bonchev–Trinajstić information content (AvgIpc) is 3.61. The minimum absolute atomic E-state index is 0.0533. The molecule has 7 rings (SSSR count). The Hall–Kier alpha value is -6.50. The lowest BCUT2D eigenvalue weighted by atomic mass is 9.99. The summed E-state index contributed by atoms with van der Waals surface area (Å²) in [7, 11) is 1.62. The van der Waals surface area contributed by atoms with Gasteiger partial charge in [-0.25, -0.2) is 0 Å². The van der Waals surface area contributed by atoms with Gasteiger partial charge in [0.15, 0.2) is 5.82 Å². The second-order valence-corrected chi connectivity index (χ2v) is 16.5. The minimum atomic E-state index is -0.611. The lowest BCUT2D eigenvalue weighted by Crippen LogP contribution is -2.40. The Morgan fingerprint density at radius 2 is 1.30 bits per heavy atom. The fourth-order valence-electron chi connectivity index (χ4n) is 7.57. The first-order valence-corrected chi connectivity index (χ1v) is 23.4. The Labute approximate surface area is 412 Å². The molecule has 0 radical (unpaired) electrons. The maximum absolute atomic E-state index is 13.3. The number of methoxy groups -OCH3 is 1. The van der Waals surface area contributed by atoms with Gasteiger partial charge >= 0.3 is 0 Å². The summed E-state index contributed by atoms with van der Waals surface area (Å²) in [6, 6.07) is 25.2. The molecule has 2 amide bonds. The van der Waals surface area contributed by atoms with E-state index in [2.05, 4.69) is 20.8 Å². The molecule has 19 heteroatoms. The Bertz CT molecular complexity index is 2620. The van der Waals surface area contributed by atoms with Crippen molar-refractivity contribution in [2.24, 2.45) is 9.98 Å². The maximum atomic E-state index is 13.3. The Morgan fingerprint density at radius 1 is 0.754 bits per heavy atom. The predicted octanol–water partition coefficient (Wildman–Crippen LogP) is 7.58. The zero-order chi connectivity index (χ0) is 49.3. The van der Waals surface area contributed by atoms with E-state index in [0.717, 1.165) is 34.5 Å². The van der Waals surface area contributed by atoms with Crippen molar-refractivity contribution in [3.63, 3.8) is 0 Å². The molecular formula is C50H58Cl2N10O7. The Balaban J connectivity index is 0.00000149. The van der Waals surface area contributed by atoms with Gasteiger partial charge in [0, 0.05) is 45.4 Å². The molecule has 0 fully saturated rings. The van der Waals surface area contributed by atoms with Crippen LogP contribution in [0.4, 0.5) is 5.69 Å². The highest BCUT2D eigenvalue weighted by Crippen LogP contribution is 2.36. The van der Waals surface area contributed by atoms with E-state index in [1.54, 1.807) is 18.9 Å². The first kappa shape index (κ1) is 51.9. The van der Waals surface area contributed by atoms with Crippen LogP contribution in [-0.2, 0) is 23.8 Å². The fourth-order valence-corrected chi connectivity index (χ4v) is 7.82. The molecule has 5 aromatic rings. The molecule has 4 N–H and O–H groups in total. The van der Waals surface area contributed by atoms with Crippen LogP contribution in [0.25, 0.3) is 5.69 Å². The molecule has 4 aromatic carbocycles. The van der Waals surface area contributed by atoms with Gasteiger partial charge in [-0.1, -0.05) is 54.4 Å². The van der Waals surface area contributed by atoms with Crippen molar-refractivity contribution in [2.45, 2.75) is 52.6 Å². The van der Waals surface area contributed by atoms with E-state index in [9.17, 15) is 9.59 Å². The quantitative estimate of drug-likeness (QED) is 0.0245. The predicted molar refractivity (Wildman–Crippen MR) is 269 cm³/mol. The molecule has 0 spiro atoms. The molecule has 364 valence electrons. The maximum Gasteiger partial charge on any atom is 0.222 e. The van der Waals surface area contributed by atoms with E-state index in [1.807, 2.05) is 110 Å². The number of benzodiazepines with no additional fused rings is 1. The van der Waals surface area contributed by atoms with E-state index in [1.165, 1.54) is 0 Å². The highest BCUT2D eigenvalue weighted by Gasteiger charge is 2.32. The first-order chi connectivity index (χ1) is 33.5. The summed E-state index contributed by atoms with van der Waals surface area (Å²) in [4.78, 5) is 34.3. The van der Waals surface area contributed by atoms with Gasteiger partial charge in [0.1, 0.15) is 47.7 Å². The number of aryl methyl sites for hydroxylation is 1. The number of aromatic nitrogens is 3. The number of nitrogens with zero attached hydrogens (tertiary/aromatic N) is 6. The molecular weight excluding hydrogens is 924 g/mol. The SMILES string of the molecule is CCNC=O.CC[C@@H]1N=C(c2ccc(Cl)cc2)c2cc(OCCOCCOCCOCCNC(=O)C[C@@H]3N=C(c4ccc(Cl)cc4)c4cc(OC)ccc4-n4c(C)nnc43)ccc2N(C(C)=N)C1=N. The smallest absolute Gasteiger partial charge is 0.222 e. The monoisotopic (exact) mass is 980 g/mol. The summed E-state index contributed by atoms with van der Waals surface area (Å²) in [5, 5.41) is 32.8. The molecule has 0 saturated carbocycles. The summed E-state index contributed by atoms with van der Waals surface area (Å²) in [5.74, 6) is 2.82. The summed E-state index contributed by atoms with van der Waals surface area (Å²) >= 11 is 12.4. The molecule has 2 atom stereocenters. The molecule has 2 aliphatic rings. The van der Waals surface area contributed by atoms with Crippen LogP contribution in [0.15, 0.2) is 94.9 Å². The van der Waals surface area contributed by atoms with Crippen LogP contribution in [0.3, 0.4) is 0 Å². The molecule has 0 bridgehead atoms. The molecule has 0 aliphatic carbocycles. The number of carbonyl (C=O) groups is 2. The van der Waals surface area contributed by atoms with Crippen molar-refractivity contribution in [2.75, 3.05) is 71.3 Å². The number of amidine groups is 2. The minimum Gasteiger partial charge on any atom is -0.497 e. The molecule has 0 saturated heterocycles. The Morgan fingerprint density at radius 3 is 1.87 bits per heavy atom. The van der Waals surface area contributed by atoms with Gasteiger partial charge in [-0.2, -0.15) is 0 Å². The van der Waals surface area contributed by atoms with Crippen LogP contribution < -0.4 is 25.0 Å². The largest absolute Gasteiger partial charge is 0.497 e. The molecule has 1 aromatic heterocycles. The number of hydrogen-bond acceptors (Lipinski definition) is 13. The number of ether oxygens (including phenoxy) is 5. The zero-order valence-electron chi connectivity index (χ0n) is 39.4. The molecule has 2 aliphatic heterocycles. The lowest BCUT2D eigenvalue weighted by Gasteiger charge is -2.26. The zero-order valence-corrected chi connectivity index (χ0v) is 40.9.